The molecule has 136 valence electrons. The number of benzene rings is 1. The number of likely N-dealkylation sites (tertiary alicyclic amines) is 1. The number of nitrogens with zero attached hydrogens (tertiary/aromatic N) is 1. The van der Waals surface area contributed by atoms with Crippen LogP contribution >= 0.6 is 0 Å². The summed E-state index contributed by atoms with van der Waals surface area (Å²) in [4.78, 5) is 29.1. The summed E-state index contributed by atoms with van der Waals surface area (Å²) < 4.78 is 5.17. The highest BCUT2D eigenvalue weighted by molar-refractivity contribution is 6.06. The minimum atomic E-state index is -0.670. The first-order valence-electron chi connectivity index (χ1n) is 8.83. The molecule has 1 spiro atoms. The van der Waals surface area contributed by atoms with Crippen molar-refractivity contribution in [3.8, 4) is 5.75 Å². The van der Waals surface area contributed by atoms with Crippen molar-refractivity contribution < 1.29 is 24.1 Å². The zero-order valence-electron chi connectivity index (χ0n) is 15.2. The molecule has 0 aromatic heterocycles. The van der Waals surface area contributed by atoms with Gasteiger partial charge in [0.25, 0.3) is 5.91 Å². The predicted molar refractivity (Wildman–Crippen MR) is 92.4 cm³/mol. The Bertz CT molecular complexity index is 638. The fraction of sp³-hybridized carbons (Fsp3) is 0.556. The van der Waals surface area contributed by atoms with E-state index < -0.39 is 5.54 Å². The SMILES string of the molecule is COc1ccc(C[NH+](C)CN2C(=O)NC3(CC[NH+](C)CC3)C2=O)cc1. The van der Waals surface area contributed by atoms with E-state index >= 15 is 0 Å². The number of hydrogen-bond donors (Lipinski definition) is 3. The Morgan fingerprint density at radius 3 is 2.48 bits per heavy atom. The Kier molecular flexibility index (Phi) is 4.96. The molecule has 0 aliphatic carbocycles. The van der Waals surface area contributed by atoms with Gasteiger partial charge in [-0.15, -0.1) is 0 Å². The molecule has 3 rings (SSSR count). The van der Waals surface area contributed by atoms with Gasteiger partial charge in [0.2, 0.25) is 0 Å². The second-order valence-corrected chi connectivity index (χ2v) is 7.34. The van der Waals surface area contributed by atoms with Gasteiger partial charge in [0.05, 0.1) is 34.3 Å². The largest absolute Gasteiger partial charge is 0.497 e. The van der Waals surface area contributed by atoms with Gasteiger partial charge in [-0.2, -0.15) is 0 Å². The van der Waals surface area contributed by atoms with Crippen LogP contribution in [0.3, 0.4) is 0 Å². The highest BCUT2D eigenvalue weighted by Crippen LogP contribution is 2.25. The van der Waals surface area contributed by atoms with Crippen LogP contribution in [-0.2, 0) is 11.3 Å². The van der Waals surface area contributed by atoms with Crippen molar-refractivity contribution in [2.75, 3.05) is 41.0 Å². The normalized spacial score (nSPS) is 27.5. The van der Waals surface area contributed by atoms with E-state index in [1.807, 2.05) is 31.3 Å². The summed E-state index contributed by atoms with van der Waals surface area (Å²) >= 11 is 0. The highest BCUT2D eigenvalue weighted by atomic mass is 16.5. The number of urea groups is 1. The van der Waals surface area contributed by atoms with Crippen LogP contribution in [0.4, 0.5) is 4.79 Å². The molecule has 1 atom stereocenters. The molecule has 7 nitrogen and oxygen atoms in total. The lowest BCUT2D eigenvalue weighted by Crippen LogP contribution is -3.11. The highest BCUT2D eigenvalue weighted by Gasteiger charge is 2.53. The molecule has 2 aliphatic rings. The van der Waals surface area contributed by atoms with E-state index in [-0.39, 0.29) is 11.9 Å². The number of hydrogen-bond acceptors (Lipinski definition) is 3. The second-order valence-electron chi connectivity index (χ2n) is 7.34. The quantitative estimate of drug-likeness (QED) is 0.554. The van der Waals surface area contributed by atoms with Gasteiger partial charge in [0, 0.05) is 18.4 Å². The number of amides is 3. The number of carbonyl (C=O) groups is 2. The zero-order valence-corrected chi connectivity index (χ0v) is 15.2. The monoisotopic (exact) mass is 348 g/mol. The Morgan fingerprint density at radius 2 is 1.88 bits per heavy atom. The van der Waals surface area contributed by atoms with Gasteiger partial charge in [0.15, 0.2) is 6.67 Å². The maximum absolute atomic E-state index is 12.9. The van der Waals surface area contributed by atoms with Gasteiger partial charge in [0.1, 0.15) is 17.8 Å². The van der Waals surface area contributed by atoms with Crippen molar-refractivity contribution in [3.05, 3.63) is 29.8 Å². The molecule has 2 heterocycles. The lowest BCUT2D eigenvalue weighted by molar-refractivity contribution is -0.901. The number of quaternary nitrogens is 2. The molecule has 0 saturated carbocycles. The molecule has 7 heteroatoms. The average Bonchev–Trinajstić information content (AvgIpc) is 2.83. The molecule has 3 amide bonds. The minimum Gasteiger partial charge on any atom is -0.497 e. The van der Waals surface area contributed by atoms with E-state index in [4.69, 9.17) is 4.74 Å². The standard InChI is InChI=1S/C18H26N4O3/c1-20-10-8-18(9-11-20)16(23)22(17(24)19-18)13-21(2)12-14-4-6-15(25-3)7-5-14/h4-7H,8-13H2,1-3H3,(H,19,24)/p+2. The van der Waals surface area contributed by atoms with Crippen LogP contribution in [0, 0.1) is 0 Å². The van der Waals surface area contributed by atoms with Crippen LogP contribution < -0.4 is 19.9 Å². The van der Waals surface area contributed by atoms with Crippen LogP contribution in [0.25, 0.3) is 0 Å². The maximum atomic E-state index is 12.9. The lowest BCUT2D eigenvalue weighted by atomic mass is 9.88. The molecule has 0 bridgehead atoms. The van der Waals surface area contributed by atoms with Gasteiger partial charge in [-0.25, -0.2) is 9.69 Å². The van der Waals surface area contributed by atoms with Crippen molar-refractivity contribution in [1.29, 1.82) is 0 Å². The third-order valence-electron chi connectivity index (χ3n) is 5.30. The summed E-state index contributed by atoms with van der Waals surface area (Å²) in [6.45, 7) is 2.94. The van der Waals surface area contributed by atoms with Gasteiger partial charge < -0.3 is 19.9 Å². The first-order chi connectivity index (χ1) is 11.9. The Labute approximate surface area is 148 Å². The van der Waals surface area contributed by atoms with Gasteiger partial charge in [-0.3, -0.25) is 4.79 Å². The van der Waals surface area contributed by atoms with Crippen molar-refractivity contribution in [2.24, 2.45) is 0 Å². The first-order valence-corrected chi connectivity index (χ1v) is 8.83. The number of imide groups is 1. The molecular weight excluding hydrogens is 320 g/mol. The molecular formula is C18H28N4O3+2. The number of methoxy groups -OCH3 is 1. The summed E-state index contributed by atoms with van der Waals surface area (Å²) in [5.74, 6) is 0.765. The van der Waals surface area contributed by atoms with Crippen LogP contribution in [-0.4, -0.2) is 63.3 Å². The number of piperidine rings is 1. The van der Waals surface area contributed by atoms with Crippen molar-refractivity contribution >= 4 is 11.9 Å². The first kappa shape index (κ1) is 17.7. The molecule has 25 heavy (non-hydrogen) atoms. The lowest BCUT2D eigenvalue weighted by Gasteiger charge is -2.33. The Morgan fingerprint density at radius 1 is 1.24 bits per heavy atom. The summed E-state index contributed by atoms with van der Waals surface area (Å²) in [7, 11) is 5.76. The minimum absolute atomic E-state index is 0.0564. The summed E-state index contributed by atoms with van der Waals surface area (Å²) in [5.41, 5.74) is 0.472. The second kappa shape index (κ2) is 7.01. The van der Waals surface area contributed by atoms with Gasteiger partial charge in [-0.05, 0) is 24.3 Å². The van der Waals surface area contributed by atoms with Crippen LogP contribution in [0.2, 0.25) is 0 Å². The Balaban J connectivity index is 1.61. The average molecular weight is 348 g/mol. The number of ether oxygens (including phenoxy) is 1. The molecule has 2 aliphatic heterocycles. The van der Waals surface area contributed by atoms with E-state index in [0.29, 0.717) is 6.67 Å². The van der Waals surface area contributed by atoms with Crippen molar-refractivity contribution in [2.45, 2.75) is 24.9 Å². The van der Waals surface area contributed by atoms with Gasteiger partial charge >= 0.3 is 6.03 Å². The topological polar surface area (TPSA) is 67.5 Å². The fourth-order valence-corrected chi connectivity index (χ4v) is 3.68. The van der Waals surface area contributed by atoms with E-state index in [2.05, 4.69) is 12.4 Å². The summed E-state index contributed by atoms with van der Waals surface area (Å²) in [5, 5.41) is 2.97. The molecule has 3 N–H and O–H groups in total. The van der Waals surface area contributed by atoms with E-state index in [0.717, 1.165) is 48.7 Å². The third kappa shape index (κ3) is 3.62. The van der Waals surface area contributed by atoms with Crippen molar-refractivity contribution in [1.82, 2.24) is 10.2 Å². The fourth-order valence-electron chi connectivity index (χ4n) is 3.68. The van der Waals surface area contributed by atoms with Gasteiger partial charge in [-0.1, -0.05) is 0 Å². The van der Waals surface area contributed by atoms with Crippen LogP contribution in [0.15, 0.2) is 24.3 Å². The molecule has 1 aromatic carbocycles. The van der Waals surface area contributed by atoms with Crippen LogP contribution in [0.1, 0.15) is 18.4 Å². The summed E-state index contributed by atoms with van der Waals surface area (Å²) in [6, 6.07) is 7.61. The molecule has 2 fully saturated rings. The number of carbonyl (C=O) groups excluding carboxylic acids is 2. The molecule has 1 aromatic rings. The molecule has 2 saturated heterocycles. The van der Waals surface area contributed by atoms with E-state index in [9.17, 15) is 9.59 Å². The molecule has 1 unspecified atom stereocenters. The molecule has 0 radical (unpaired) electrons. The maximum Gasteiger partial charge on any atom is 0.329 e. The number of nitrogens with one attached hydrogen (secondary N) is 3. The number of rotatable bonds is 5. The predicted octanol–water partition coefficient (Wildman–Crippen LogP) is -1.73. The van der Waals surface area contributed by atoms with E-state index in [1.54, 1.807) is 7.11 Å². The van der Waals surface area contributed by atoms with Crippen LogP contribution in [0.5, 0.6) is 5.75 Å². The van der Waals surface area contributed by atoms with E-state index in [1.165, 1.54) is 9.80 Å². The zero-order chi connectivity index (χ0) is 18.0. The Hall–Kier alpha value is -2.12. The summed E-state index contributed by atoms with van der Waals surface area (Å²) in [6.07, 6.45) is 1.44. The van der Waals surface area contributed by atoms with Crippen molar-refractivity contribution in [3.63, 3.8) is 0 Å². The smallest absolute Gasteiger partial charge is 0.329 e. The third-order valence-corrected chi connectivity index (χ3v) is 5.30.